The first-order valence-electron chi connectivity index (χ1n) is 18.9. The van der Waals surface area contributed by atoms with Crippen molar-refractivity contribution in [3.05, 3.63) is 83.9 Å². The average Bonchev–Trinajstić information content (AvgIpc) is 3.75. The molecule has 1 aliphatic heterocycles. The van der Waals surface area contributed by atoms with Crippen LogP contribution in [0.15, 0.2) is 72.0 Å². The van der Waals surface area contributed by atoms with Crippen molar-refractivity contribution in [3.8, 4) is 0 Å². The fourth-order valence-electron chi connectivity index (χ4n) is 8.08. The molecule has 292 valence electrons. The zero-order valence-electron chi connectivity index (χ0n) is 31.4. The average molecular weight is 763 g/mol. The summed E-state index contributed by atoms with van der Waals surface area (Å²) in [6, 6.07) is 13.0. The number of nitrogens with one attached hydrogen (secondary N) is 3. The number of imide groups is 1. The normalized spacial score (nSPS) is 19.6. The van der Waals surface area contributed by atoms with Gasteiger partial charge in [-0.15, -0.1) is 0 Å². The summed E-state index contributed by atoms with van der Waals surface area (Å²) in [6.45, 7) is 5.48. The molecule has 1 fully saturated rings. The Morgan fingerprint density at radius 1 is 1.04 bits per heavy atom. The predicted octanol–water partition coefficient (Wildman–Crippen LogP) is 3.19. The van der Waals surface area contributed by atoms with Crippen LogP contribution >= 0.6 is 0 Å². The van der Waals surface area contributed by atoms with Crippen molar-refractivity contribution in [2.24, 2.45) is 17.6 Å². The largest absolute Gasteiger partial charge is 0.390 e. The number of hydrogen-bond donors (Lipinski definition) is 5. The minimum atomic E-state index is -3.99. The molecule has 2 aromatic carbocycles. The molecule has 0 saturated heterocycles. The second-order valence-corrected chi connectivity index (χ2v) is 17.3. The van der Waals surface area contributed by atoms with E-state index in [-0.39, 0.29) is 47.5 Å². The number of aromatic amines is 1. The molecule has 1 aromatic heterocycles. The Hall–Kier alpha value is -4.40. The third-order valence-electron chi connectivity index (χ3n) is 10.7. The zero-order chi connectivity index (χ0) is 39.0. The number of nitrogens with two attached hydrogens (primary N) is 1. The third kappa shape index (κ3) is 9.45. The van der Waals surface area contributed by atoms with Crippen LogP contribution in [-0.4, -0.2) is 88.0 Å². The smallest absolute Gasteiger partial charge is 0.247 e. The number of rotatable bonds is 16. The first-order chi connectivity index (χ1) is 25.7. The fraction of sp³-hybridized carbons (Fsp3) is 0.525. The Kier molecular flexibility index (Phi) is 13.5. The molecule has 0 bridgehead atoms. The van der Waals surface area contributed by atoms with Crippen molar-refractivity contribution >= 4 is 33.5 Å². The van der Waals surface area contributed by atoms with Crippen LogP contribution in [0.4, 0.5) is 0 Å². The van der Waals surface area contributed by atoms with Gasteiger partial charge in [-0.1, -0.05) is 94.5 Å². The highest BCUT2D eigenvalue weighted by molar-refractivity contribution is 7.91. The van der Waals surface area contributed by atoms with Crippen LogP contribution in [0, 0.1) is 11.8 Å². The van der Waals surface area contributed by atoms with Crippen LogP contribution in [0.3, 0.4) is 0 Å². The number of imidazole rings is 1. The van der Waals surface area contributed by atoms with Gasteiger partial charge in [-0.2, -0.15) is 0 Å². The number of aromatic nitrogens is 2. The van der Waals surface area contributed by atoms with E-state index in [1.54, 1.807) is 42.5 Å². The van der Waals surface area contributed by atoms with Gasteiger partial charge >= 0.3 is 0 Å². The molecule has 5 rings (SSSR count). The minimum absolute atomic E-state index is 0.00179. The summed E-state index contributed by atoms with van der Waals surface area (Å²) in [5, 5.41) is 17.6. The number of aliphatic hydroxyl groups excluding tert-OH is 1. The standard InChI is InChI=1S/C40H54N6O7S/c1-26(2)22-43-37(49)20-35(48)34(19-29-14-8-5-9-15-29)45-39(51)40(21-30-23-42-25-44-30,32-24-54(52,53)36-17-11-10-16-31(32)36)46(27(3)47)38(50)33(41)18-28-12-6-4-7-13-28/h4,6-7,10-13,16-17,23,25-26,29,32-35,48H,5,8-9,14-15,18-22,24,41H2,1-3H3,(H,42,44)(H,43,49)(H,45,51)/t32?,33?,34-,35-,40-/m0/s1. The first kappa shape index (κ1) is 40.8. The van der Waals surface area contributed by atoms with Gasteiger partial charge < -0.3 is 26.5 Å². The SMILES string of the molecule is CC(=O)N(C(=O)C(N)Cc1ccccc1)[C@](Cc1cnc[nH]1)(C(=O)N[C@@H](CC1CCCCC1)[C@@H](O)CC(=O)NCC(C)C)C1CS(=O)(=O)c2ccccc21. The summed E-state index contributed by atoms with van der Waals surface area (Å²) in [6.07, 6.45) is 6.08. The van der Waals surface area contributed by atoms with Crippen LogP contribution in [0.25, 0.3) is 0 Å². The second-order valence-electron chi connectivity index (χ2n) is 15.3. The first-order valence-corrected chi connectivity index (χ1v) is 20.6. The Morgan fingerprint density at radius 3 is 2.37 bits per heavy atom. The molecular weight excluding hydrogens is 709 g/mol. The molecule has 0 spiro atoms. The van der Waals surface area contributed by atoms with Crippen LogP contribution in [0.5, 0.6) is 0 Å². The monoisotopic (exact) mass is 762 g/mol. The van der Waals surface area contributed by atoms with E-state index in [4.69, 9.17) is 5.73 Å². The molecule has 4 amide bonds. The number of aliphatic hydroxyl groups is 1. The van der Waals surface area contributed by atoms with Gasteiger partial charge in [0, 0.05) is 37.7 Å². The number of benzene rings is 2. The minimum Gasteiger partial charge on any atom is -0.390 e. The lowest BCUT2D eigenvalue weighted by molar-refractivity contribution is -0.160. The van der Waals surface area contributed by atoms with Crippen LogP contribution in [-0.2, 0) is 41.9 Å². The molecule has 14 heteroatoms. The summed E-state index contributed by atoms with van der Waals surface area (Å²) in [5.41, 5.74) is 5.74. The maximum absolute atomic E-state index is 15.5. The highest BCUT2D eigenvalue weighted by atomic mass is 32.2. The number of hydrogen-bond acceptors (Lipinski definition) is 9. The summed E-state index contributed by atoms with van der Waals surface area (Å²) in [4.78, 5) is 65.3. The number of sulfone groups is 1. The van der Waals surface area contributed by atoms with Crippen molar-refractivity contribution in [2.75, 3.05) is 12.3 Å². The number of H-pyrrole nitrogens is 1. The number of fused-ring (bicyclic) bond motifs is 1. The molecule has 2 heterocycles. The molecule has 0 radical (unpaired) electrons. The van der Waals surface area contributed by atoms with Crippen molar-refractivity contribution < 1.29 is 32.7 Å². The molecule has 1 aliphatic carbocycles. The van der Waals surface area contributed by atoms with Crippen LogP contribution in [0.2, 0.25) is 0 Å². The van der Waals surface area contributed by atoms with E-state index in [1.165, 1.54) is 18.6 Å². The Labute approximate surface area is 317 Å². The summed E-state index contributed by atoms with van der Waals surface area (Å²) in [7, 11) is -3.99. The van der Waals surface area contributed by atoms with E-state index in [0.717, 1.165) is 49.5 Å². The third-order valence-corrected chi connectivity index (χ3v) is 12.6. The number of nitrogens with zero attached hydrogens (tertiary/aromatic N) is 2. The fourth-order valence-corrected chi connectivity index (χ4v) is 10.0. The molecular formula is C40H54N6O7S. The van der Waals surface area contributed by atoms with Crippen LogP contribution in [0.1, 0.15) is 88.5 Å². The number of carbonyl (C=O) groups is 4. The van der Waals surface area contributed by atoms with Gasteiger partial charge in [-0.05, 0) is 41.9 Å². The summed E-state index contributed by atoms with van der Waals surface area (Å²) in [5.74, 6) is -4.39. The van der Waals surface area contributed by atoms with E-state index >= 15 is 4.79 Å². The molecule has 54 heavy (non-hydrogen) atoms. The molecule has 3 aromatic rings. The summed E-state index contributed by atoms with van der Waals surface area (Å²) >= 11 is 0. The van der Waals surface area contributed by atoms with Gasteiger partial charge in [0.2, 0.25) is 23.6 Å². The highest BCUT2D eigenvalue weighted by Gasteiger charge is 2.59. The highest BCUT2D eigenvalue weighted by Crippen LogP contribution is 2.46. The van der Waals surface area contributed by atoms with E-state index in [0.29, 0.717) is 18.7 Å². The Balaban J connectivity index is 1.65. The second kappa shape index (κ2) is 17.8. The molecule has 2 unspecified atom stereocenters. The molecule has 2 aliphatic rings. The number of amides is 4. The lowest BCUT2D eigenvalue weighted by Crippen LogP contribution is -2.70. The quantitative estimate of drug-likeness (QED) is 0.145. The Bertz CT molecular complexity index is 1860. The van der Waals surface area contributed by atoms with E-state index in [1.807, 2.05) is 19.9 Å². The van der Waals surface area contributed by atoms with Gasteiger partial charge in [0.1, 0.15) is 5.54 Å². The molecule has 6 N–H and O–H groups in total. The predicted molar refractivity (Wildman–Crippen MR) is 204 cm³/mol. The van der Waals surface area contributed by atoms with Crippen molar-refractivity contribution in [2.45, 2.75) is 113 Å². The van der Waals surface area contributed by atoms with Crippen molar-refractivity contribution in [3.63, 3.8) is 0 Å². The summed E-state index contributed by atoms with van der Waals surface area (Å²) < 4.78 is 27.7. The van der Waals surface area contributed by atoms with E-state index in [9.17, 15) is 27.9 Å². The van der Waals surface area contributed by atoms with Crippen LogP contribution < -0.4 is 16.4 Å². The zero-order valence-corrected chi connectivity index (χ0v) is 32.2. The van der Waals surface area contributed by atoms with Gasteiger partial charge in [0.05, 0.1) is 41.6 Å². The maximum atomic E-state index is 15.5. The van der Waals surface area contributed by atoms with Crippen molar-refractivity contribution in [1.29, 1.82) is 0 Å². The lowest BCUT2D eigenvalue weighted by atomic mass is 9.74. The van der Waals surface area contributed by atoms with Gasteiger partial charge in [0.15, 0.2) is 9.84 Å². The van der Waals surface area contributed by atoms with Gasteiger partial charge in [0.25, 0.3) is 0 Å². The van der Waals surface area contributed by atoms with Gasteiger partial charge in [-0.3, -0.25) is 24.1 Å². The molecule has 1 saturated carbocycles. The molecule has 5 atom stereocenters. The van der Waals surface area contributed by atoms with Gasteiger partial charge in [-0.25, -0.2) is 13.4 Å². The topological polar surface area (TPSA) is 205 Å². The van der Waals surface area contributed by atoms with E-state index in [2.05, 4.69) is 20.6 Å². The maximum Gasteiger partial charge on any atom is 0.247 e. The van der Waals surface area contributed by atoms with E-state index < -0.39 is 63.0 Å². The van der Waals surface area contributed by atoms with Crippen molar-refractivity contribution in [1.82, 2.24) is 25.5 Å². The number of carbonyl (C=O) groups excluding carboxylic acids is 4. The Morgan fingerprint density at radius 2 is 1.72 bits per heavy atom. The lowest BCUT2D eigenvalue weighted by Gasteiger charge is -2.46. The molecule has 13 nitrogen and oxygen atoms in total.